The van der Waals surface area contributed by atoms with Gasteiger partial charge in [-0.3, -0.25) is 4.79 Å². The first-order chi connectivity index (χ1) is 15.5. The van der Waals surface area contributed by atoms with Gasteiger partial charge >= 0.3 is 0 Å². The molecule has 3 rings (SSSR count). The SMILES string of the molecule is CCOc1cc(/C=C(/C#N)C(=O)Nc2ccccc2Cl)ccc1OCc1ccccc1Cl. The minimum Gasteiger partial charge on any atom is -0.490 e. The Labute approximate surface area is 196 Å². The Bertz CT molecular complexity index is 1190. The van der Waals surface area contributed by atoms with Gasteiger partial charge in [-0.05, 0) is 48.9 Å². The number of hydrogen-bond donors (Lipinski definition) is 1. The van der Waals surface area contributed by atoms with Crippen LogP contribution in [0.2, 0.25) is 10.0 Å². The largest absolute Gasteiger partial charge is 0.490 e. The summed E-state index contributed by atoms with van der Waals surface area (Å²) in [6.07, 6.45) is 1.48. The van der Waals surface area contributed by atoms with Gasteiger partial charge in [0.15, 0.2) is 11.5 Å². The molecule has 0 aromatic heterocycles. The fraction of sp³-hybridized carbons (Fsp3) is 0.120. The summed E-state index contributed by atoms with van der Waals surface area (Å²) >= 11 is 12.3. The molecular formula is C25H20Cl2N2O3. The minimum absolute atomic E-state index is 0.0721. The zero-order valence-electron chi connectivity index (χ0n) is 17.3. The maximum Gasteiger partial charge on any atom is 0.266 e. The monoisotopic (exact) mass is 466 g/mol. The summed E-state index contributed by atoms with van der Waals surface area (Å²) in [5.74, 6) is 0.470. The highest BCUT2D eigenvalue weighted by atomic mass is 35.5. The minimum atomic E-state index is -0.558. The van der Waals surface area contributed by atoms with Gasteiger partial charge in [-0.2, -0.15) is 5.26 Å². The van der Waals surface area contributed by atoms with E-state index < -0.39 is 5.91 Å². The van der Waals surface area contributed by atoms with Crippen molar-refractivity contribution < 1.29 is 14.3 Å². The molecule has 0 heterocycles. The van der Waals surface area contributed by atoms with E-state index in [9.17, 15) is 10.1 Å². The Hall–Kier alpha value is -3.46. The lowest BCUT2D eigenvalue weighted by molar-refractivity contribution is -0.112. The second-order valence-corrected chi connectivity index (χ2v) is 7.44. The van der Waals surface area contributed by atoms with Crippen molar-refractivity contribution in [1.82, 2.24) is 0 Å². The number of nitrogens with zero attached hydrogens (tertiary/aromatic N) is 1. The van der Waals surface area contributed by atoms with Crippen LogP contribution in [0.15, 0.2) is 72.3 Å². The van der Waals surface area contributed by atoms with Gasteiger partial charge < -0.3 is 14.8 Å². The van der Waals surface area contributed by atoms with Gasteiger partial charge in [0.25, 0.3) is 5.91 Å². The van der Waals surface area contributed by atoms with E-state index in [1.54, 1.807) is 48.5 Å². The zero-order chi connectivity index (χ0) is 22.9. The van der Waals surface area contributed by atoms with E-state index in [-0.39, 0.29) is 12.2 Å². The number of amides is 1. The molecule has 0 unspecified atom stereocenters. The van der Waals surface area contributed by atoms with Gasteiger partial charge in [-0.1, -0.05) is 59.6 Å². The first-order valence-electron chi connectivity index (χ1n) is 9.82. The van der Waals surface area contributed by atoms with Crippen molar-refractivity contribution in [2.45, 2.75) is 13.5 Å². The Morgan fingerprint density at radius 1 is 1.00 bits per heavy atom. The molecule has 0 aliphatic rings. The lowest BCUT2D eigenvalue weighted by atomic mass is 10.1. The van der Waals surface area contributed by atoms with Crippen molar-refractivity contribution in [2.75, 3.05) is 11.9 Å². The molecule has 5 nitrogen and oxygen atoms in total. The van der Waals surface area contributed by atoms with Crippen LogP contribution in [0.5, 0.6) is 11.5 Å². The highest BCUT2D eigenvalue weighted by molar-refractivity contribution is 6.34. The number of ether oxygens (including phenoxy) is 2. The molecule has 0 saturated heterocycles. The van der Waals surface area contributed by atoms with Gasteiger partial charge in [0, 0.05) is 10.6 Å². The van der Waals surface area contributed by atoms with Gasteiger partial charge in [-0.25, -0.2) is 0 Å². The van der Waals surface area contributed by atoms with Crippen LogP contribution in [0.4, 0.5) is 5.69 Å². The Kier molecular flexibility index (Phi) is 8.15. The zero-order valence-corrected chi connectivity index (χ0v) is 18.8. The molecule has 32 heavy (non-hydrogen) atoms. The van der Waals surface area contributed by atoms with E-state index >= 15 is 0 Å². The van der Waals surface area contributed by atoms with Gasteiger partial charge in [0.05, 0.1) is 17.3 Å². The number of para-hydroxylation sites is 1. The highest BCUT2D eigenvalue weighted by Gasteiger charge is 2.13. The number of carbonyl (C=O) groups excluding carboxylic acids is 1. The summed E-state index contributed by atoms with van der Waals surface area (Å²) in [4.78, 5) is 12.5. The quantitative estimate of drug-likeness (QED) is 0.303. The molecule has 0 atom stereocenters. The van der Waals surface area contributed by atoms with E-state index in [0.717, 1.165) is 5.56 Å². The summed E-state index contributed by atoms with van der Waals surface area (Å²) in [7, 11) is 0. The number of carbonyl (C=O) groups is 1. The molecule has 0 aliphatic carbocycles. The third-order valence-electron chi connectivity index (χ3n) is 4.41. The van der Waals surface area contributed by atoms with E-state index in [1.807, 2.05) is 31.2 Å². The summed E-state index contributed by atoms with van der Waals surface area (Å²) in [5, 5.41) is 13.1. The van der Waals surface area contributed by atoms with E-state index in [2.05, 4.69) is 5.32 Å². The number of benzene rings is 3. The highest BCUT2D eigenvalue weighted by Crippen LogP contribution is 2.31. The average molecular weight is 467 g/mol. The Morgan fingerprint density at radius 2 is 1.72 bits per heavy atom. The van der Waals surface area contributed by atoms with Crippen LogP contribution in [0.3, 0.4) is 0 Å². The van der Waals surface area contributed by atoms with Crippen molar-refractivity contribution in [3.63, 3.8) is 0 Å². The standard InChI is InChI=1S/C25H20Cl2N2O3/c1-2-31-24-14-17(11-12-23(24)32-16-18-7-3-4-8-20(18)26)13-19(15-28)25(30)29-22-10-6-5-9-21(22)27/h3-14H,2,16H2,1H3,(H,29,30)/b19-13-. The van der Waals surface area contributed by atoms with Crippen molar-refractivity contribution in [3.05, 3.63) is 93.5 Å². The molecule has 0 aliphatic heterocycles. The van der Waals surface area contributed by atoms with Crippen LogP contribution in [0, 0.1) is 11.3 Å². The Balaban J connectivity index is 1.80. The molecule has 0 fully saturated rings. The van der Waals surface area contributed by atoms with E-state index in [4.69, 9.17) is 32.7 Å². The molecule has 0 radical (unpaired) electrons. The normalized spacial score (nSPS) is 10.9. The van der Waals surface area contributed by atoms with Gasteiger partial charge in [-0.15, -0.1) is 0 Å². The Morgan fingerprint density at radius 3 is 2.41 bits per heavy atom. The lowest BCUT2D eigenvalue weighted by Gasteiger charge is -2.13. The fourth-order valence-electron chi connectivity index (χ4n) is 2.84. The molecule has 7 heteroatoms. The van der Waals surface area contributed by atoms with Crippen molar-refractivity contribution in [1.29, 1.82) is 5.26 Å². The molecule has 1 amide bonds. The maximum atomic E-state index is 12.5. The second kappa shape index (κ2) is 11.2. The van der Waals surface area contributed by atoms with Crippen molar-refractivity contribution in [3.8, 4) is 17.6 Å². The topological polar surface area (TPSA) is 71.3 Å². The number of anilines is 1. The number of nitrogens with one attached hydrogen (secondary N) is 1. The third kappa shape index (κ3) is 6.04. The first kappa shape index (κ1) is 23.2. The second-order valence-electron chi connectivity index (χ2n) is 6.62. The third-order valence-corrected chi connectivity index (χ3v) is 5.11. The molecule has 0 spiro atoms. The number of rotatable bonds is 8. The van der Waals surface area contributed by atoms with Crippen molar-refractivity contribution >= 4 is 40.9 Å². The summed E-state index contributed by atoms with van der Waals surface area (Å²) in [6, 6.07) is 21.4. The fourth-order valence-corrected chi connectivity index (χ4v) is 3.21. The van der Waals surface area contributed by atoms with Gasteiger partial charge in [0.2, 0.25) is 0 Å². The predicted molar refractivity (Wildman–Crippen MR) is 127 cm³/mol. The van der Waals surface area contributed by atoms with Crippen LogP contribution >= 0.6 is 23.2 Å². The molecule has 162 valence electrons. The van der Waals surface area contributed by atoms with E-state index in [1.165, 1.54) is 6.08 Å². The number of halogens is 2. The molecular weight excluding hydrogens is 447 g/mol. The van der Waals surface area contributed by atoms with E-state index in [0.29, 0.717) is 39.4 Å². The number of hydrogen-bond acceptors (Lipinski definition) is 4. The lowest BCUT2D eigenvalue weighted by Crippen LogP contribution is -2.13. The van der Waals surface area contributed by atoms with Crippen LogP contribution in [0.25, 0.3) is 6.08 Å². The molecule has 1 N–H and O–H groups in total. The average Bonchev–Trinajstić information content (AvgIpc) is 2.79. The molecule has 0 bridgehead atoms. The maximum absolute atomic E-state index is 12.5. The first-order valence-corrected chi connectivity index (χ1v) is 10.6. The summed E-state index contributed by atoms with van der Waals surface area (Å²) in [6.45, 7) is 2.56. The summed E-state index contributed by atoms with van der Waals surface area (Å²) in [5.41, 5.74) is 1.82. The van der Waals surface area contributed by atoms with Crippen LogP contribution in [0.1, 0.15) is 18.1 Å². The van der Waals surface area contributed by atoms with Crippen LogP contribution in [-0.2, 0) is 11.4 Å². The smallest absolute Gasteiger partial charge is 0.266 e. The van der Waals surface area contributed by atoms with Crippen LogP contribution < -0.4 is 14.8 Å². The number of nitriles is 1. The summed E-state index contributed by atoms with van der Waals surface area (Å²) < 4.78 is 11.6. The molecule has 0 saturated carbocycles. The molecule has 3 aromatic carbocycles. The van der Waals surface area contributed by atoms with Gasteiger partial charge in [0.1, 0.15) is 18.2 Å². The predicted octanol–water partition coefficient (Wildman–Crippen LogP) is 6.52. The van der Waals surface area contributed by atoms with Crippen LogP contribution in [-0.4, -0.2) is 12.5 Å². The van der Waals surface area contributed by atoms with Crippen molar-refractivity contribution in [2.24, 2.45) is 0 Å². The molecule has 3 aromatic rings.